The zero-order chi connectivity index (χ0) is 16.7. The van der Waals surface area contributed by atoms with E-state index in [2.05, 4.69) is 15.6 Å². The van der Waals surface area contributed by atoms with Crippen molar-refractivity contribution in [3.63, 3.8) is 0 Å². The molecule has 1 heterocycles. The van der Waals surface area contributed by atoms with Gasteiger partial charge in [0.2, 0.25) is 15.9 Å². The molecule has 0 atom stereocenters. The third-order valence-corrected chi connectivity index (χ3v) is 4.24. The van der Waals surface area contributed by atoms with Gasteiger partial charge in [-0.3, -0.25) is 20.4 Å². The summed E-state index contributed by atoms with van der Waals surface area (Å²) < 4.78 is 31.0. The fraction of sp³-hybridized carbons (Fsp3) is 0.143. The van der Waals surface area contributed by atoms with E-state index in [4.69, 9.17) is 4.42 Å². The lowest BCUT2D eigenvalue weighted by Crippen LogP contribution is -2.42. The Kier molecular flexibility index (Phi) is 5.50. The lowest BCUT2D eigenvalue weighted by Gasteiger charge is -2.08. The molecule has 2 amide bonds. The Labute approximate surface area is 132 Å². The van der Waals surface area contributed by atoms with Gasteiger partial charge in [0, 0.05) is 13.0 Å². The molecule has 2 aromatic rings. The highest BCUT2D eigenvalue weighted by molar-refractivity contribution is 7.89. The first-order valence-corrected chi connectivity index (χ1v) is 8.15. The standard InChI is InChI=1S/C14H15N3O5S/c18-13(16-17-14(19)12-7-4-10-22-12)8-9-15-23(20,21)11-5-2-1-3-6-11/h1-7,10,15H,8-9H2,(H,16,18)(H,17,19). The predicted octanol–water partition coefficient (Wildman–Crippen LogP) is 0.409. The number of hydrazine groups is 1. The average molecular weight is 337 g/mol. The highest BCUT2D eigenvalue weighted by Crippen LogP contribution is 2.06. The first-order chi connectivity index (χ1) is 11.0. The van der Waals surface area contributed by atoms with E-state index in [0.29, 0.717) is 0 Å². The Bertz CT molecular complexity index is 757. The predicted molar refractivity (Wildman–Crippen MR) is 80.6 cm³/mol. The van der Waals surface area contributed by atoms with Gasteiger partial charge in [0.25, 0.3) is 0 Å². The highest BCUT2D eigenvalue weighted by Gasteiger charge is 2.14. The van der Waals surface area contributed by atoms with Crippen LogP contribution >= 0.6 is 0 Å². The van der Waals surface area contributed by atoms with Gasteiger partial charge < -0.3 is 4.42 Å². The lowest BCUT2D eigenvalue weighted by atomic mass is 10.4. The number of carbonyl (C=O) groups excluding carboxylic acids is 2. The Morgan fingerprint density at radius 2 is 1.74 bits per heavy atom. The molecule has 2 rings (SSSR count). The monoisotopic (exact) mass is 337 g/mol. The summed E-state index contributed by atoms with van der Waals surface area (Å²) in [4.78, 5) is 23.2. The van der Waals surface area contributed by atoms with Gasteiger partial charge in [0.1, 0.15) is 0 Å². The first-order valence-electron chi connectivity index (χ1n) is 6.66. The summed E-state index contributed by atoms with van der Waals surface area (Å²) in [6.45, 7) is -0.0975. The van der Waals surface area contributed by atoms with Crippen LogP contribution in [-0.4, -0.2) is 26.8 Å². The molecule has 1 aromatic heterocycles. The van der Waals surface area contributed by atoms with E-state index in [0.717, 1.165) is 0 Å². The fourth-order valence-corrected chi connectivity index (χ4v) is 2.69. The van der Waals surface area contributed by atoms with E-state index in [1.165, 1.54) is 30.5 Å². The average Bonchev–Trinajstić information content (AvgIpc) is 3.08. The largest absolute Gasteiger partial charge is 0.459 e. The number of benzene rings is 1. The summed E-state index contributed by atoms with van der Waals surface area (Å²) in [6, 6.07) is 10.8. The third kappa shape index (κ3) is 4.94. The van der Waals surface area contributed by atoms with Crippen LogP contribution in [0, 0.1) is 0 Å². The lowest BCUT2D eigenvalue weighted by molar-refractivity contribution is -0.121. The van der Waals surface area contributed by atoms with Crippen LogP contribution in [0.25, 0.3) is 0 Å². The third-order valence-electron chi connectivity index (χ3n) is 2.76. The molecule has 0 aliphatic rings. The van der Waals surface area contributed by atoms with E-state index in [9.17, 15) is 18.0 Å². The Balaban J connectivity index is 1.74. The zero-order valence-electron chi connectivity index (χ0n) is 12.0. The molecule has 0 radical (unpaired) electrons. The summed E-state index contributed by atoms with van der Waals surface area (Å²) >= 11 is 0. The zero-order valence-corrected chi connectivity index (χ0v) is 12.8. The van der Waals surface area contributed by atoms with Crippen LogP contribution in [0.2, 0.25) is 0 Å². The van der Waals surface area contributed by atoms with Gasteiger partial charge in [-0.1, -0.05) is 18.2 Å². The molecule has 122 valence electrons. The molecule has 0 fully saturated rings. The number of rotatable bonds is 6. The summed E-state index contributed by atoms with van der Waals surface area (Å²) in [5, 5.41) is 0. The molecule has 0 bridgehead atoms. The number of nitrogens with one attached hydrogen (secondary N) is 3. The molecule has 3 N–H and O–H groups in total. The Hall–Kier alpha value is -2.65. The highest BCUT2D eigenvalue weighted by atomic mass is 32.2. The second kappa shape index (κ2) is 7.56. The molecule has 0 aliphatic carbocycles. The Morgan fingerprint density at radius 3 is 2.39 bits per heavy atom. The van der Waals surface area contributed by atoms with Crippen molar-refractivity contribution in [2.45, 2.75) is 11.3 Å². The fourth-order valence-electron chi connectivity index (χ4n) is 1.64. The minimum absolute atomic E-state index is 0.0510. The minimum atomic E-state index is -3.66. The topological polar surface area (TPSA) is 118 Å². The van der Waals surface area contributed by atoms with Crippen LogP contribution < -0.4 is 15.6 Å². The summed E-state index contributed by atoms with van der Waals surface area (Å²) in [5.41, 5.74) is 4.32. The molecule has 9 heteroatoms. The SMILES string of the molecule is O=C(CCNS(=O)(=O)c1ccccc1)NNC(=O)c1ccco1. The van der Waals surface area contributed by atoms with Crippen molar-refractivity contribution in [2.24, 2.45) is 0 Å². The van der Waals surface area contributed by atoms with Crippen LogP contribution in [-0.2, 0) is 14.8 Å². The van der Waals surface area contributed by atoms with E-state index in [1.54, 1.807) is 18.2 Å². The maximum atomic E-state index is 11.9. The van der Waals surface area contributed by atoms with Crippen molar-refractivity contribution in [2.75, 3.05) is 6.54 Å². The summed E-state index contributed by atoms with van der Waals surface area (Å²) in [7, 11) is -3.66. The molecular weight excluding hydrogens is 322 g/mol. The molecule has 0 saturated carbocycles. The van der Waals surface area contributed by atoms with Crippen LogP contribution in [0.4, 0.5) is 0 Å². The van der Waals surface area contributed by atoms with Crippen LogP contribution in [0.1, 0.15) is 17.0 Å². The number of carbonyl (C=O) groups is 2. The summed E-state index contributed by atoms with van der Waals surface area (Å²) in [6.07, 6.45) is 1.19. The van der Waals surface area contributed by atoms with E-state index in [1.807, 2.05) is 0 Å². The second-order valence-electron chi connectivity index (χ2n) is 4.44. The number of hydrogen-bond acceptors (Lipinski definition) is 5. The van der Waals surface area contributed by atoms with Gasteiger partial charge in [0.15, 0.2) is 5.76 Å². The van der Waals surface area contributed by atoms with E-state index in [-0.39, 0.29) is 23.6 Å². The molecule has 0 aliphatic heterocycles. The van der Waals surface area contributed by atoms with Gasteiger partial charge in [-0.2, -0.15) is 0 Å². The van der Waals surface area contributed by atoms with Gasteiger partial charge in [-0.15, -0.1) is 0 Å². The maximum Gasteiger partial charge on any atom is 0.305 e. The molecule has 0 saturated heterocycles. The quantitative estimate of drug-likeness (QED) is 0.660. The van der Waals surface area contributed by atoms with E-state index < -0.39 is 21.8 Å². The van der Waals surface area contributed by atoms with E-state index >= 15 is 0 Å². The number of hydrogen-bond donors (Lipinski definition) is 3. The van der Waals surface area contributed by atoms with Crippen LogP contribution in [0.3, 0.4) is 0 Å². The molecule has 0 spiro atoms. The van der Waals surface area contributed by atoms with Crippen LogP contribution in [0.15, 0.2) is 58.0 Å². The van der Waals surface area contributed by atoms with Crippen molar-refractivity contribution in [1.29, 1.82) is 0 Å². The van der Waals surface area contributed by atoms with Crippen LogP contribution in [0.5, 0.6) is 0 Å². The van der Waals surface area contributed by atoms with Crippen molar-refractivity contribution < 1.29 is 22.4 Å². The van der Waals surface area contributed by atoms with Crippen molar-refractivity contribution >= 4 is 21.8 Å². The summed E-state index contributed by atoms with van der Waals surface area (Å²) in [5.74, 6) is -1.09. The minimum Gasteiger partial charge on any atom is -0.459 e. The first kappa shape index (κ1) is 16.7. The van der Waals surface area contributed by atoms with Gasteiger partial charge in [-0.25, -0.2) is 13.1 Å². The molecule has 8 nitrogen and oxygen atoms in total. The number of sulfonamides is 1. The molecule has 23 heavy (non-hydrogen) atoms. The van der Waals surface area contributed by atoms with Gasteiger partial charge >= 0.3 is 5.91 Å². The van der Waals surface area contributed by atoms with Gasteiger partial charge in [-0.05, 0) is 24.3 Å². The molecular formula is C14H15N3O5S. The molecule has 1 aromatic carbocycles. The normalized spacial score (nSPS) is 11.0. The van der Waals surface area contributed by atoms with Gasteiger partial charge in [0.05, 0.1) is 11.2 Å². The second-order valence-corrected chi connectivity index (χ2v) is 6.21. The number of furan rings is 1. The maximum absolute atomic E-state index is 11.9. The number of amides is 2. The van der Waals surface area contributed by atoms with Crippen molar-refractivity contribution in [3.8, 4) is 0 Å². The Morgan fingerprint density at radius 1 is 1.00 bits per heavy atom. The van der Waals surface area contributed by atoms with Crippen molar-refractivity contribution in [1.82, 2.24) is 15.6 Å². The van der Waals surface area contributed by atoms with Crippen molar-refractivity contribution in [3.05, 3.63) is 54.5 Å². The molecule has 0 unspecified atom stereocenters. The smallest absolute Gasteiger partial charge is 0.305 e.